The summed E-state index contributed by atoms with van der Waals surface area (Å²) >= 11 is 3.14. The normalized spacial score (nSPS) is 11.7. The second-order valence-corrected chi connectivity index (χ2v) is 7.40. The van der Waals surface area contributed by atoms with Crippen LogP contribution in [0.4, 0.5) is 0 Å². The van der Waals surface area contributed by atoms with E-state index in [1.54, 1.807) is 17.8 Å². The molecule has 1 aromatic carbocycles. The van der Waals surface area contributed by atoms with Crippen molar-refractivity contribution in [2.24, 2.45) is 0 Å². The lowest BCUT2D eigenvalue weighted by Gasteiger charge is -2.01. The Labute approximate surface area is 147 Å². The van der Waals surface area contributed by atoms with E-state index in [4.69, 9.17) is 0 Å². The molecule has 0 spiro atoms. The third-order valence-corrected chi connectivity index (χ3v) is 5.69. The van der Waals surface area contributed by atoms with Crippen LogP contribution in [-0.4, -0.2) is 16.2 Å². The number of nitriles is 1. The van der Waals surface area contributed by atoms with Crippen LogP contribution >= 0.6 is 23.1 Å². The maximum atomic E-state index is 12.4. The zero-order valence-electron chi connectivity index (χ0n) is 13.5. The zero-order valence-corrected chi connectivity index (χ0v) is 15.1. The van der Waals surface area contributed by atoms with Gasteiger partial charge in [-0.2, -0.15) is 5.26 Å². The molecule has 0 amide bonds. The molecule has 0 bridgehead atoms. The molecule has 0 aliphatic rings. The summed E-state index contributed by atoms with van der Waals surface area (Å²) in [7, 11) is 0. The van der Waals surface area contributed by atoms with Gasteiger partial charge in [0.25, 0.3) is 5.56 Å². The van der Waals surface area contributed by atoms with E-state index in [2.05, 4.69) is 16.0 Å². The zero-order chi connectivity index (χ0) is 17.3. The molecule has 0 aliphatic carbocycles. The van der Waals surface area contributed by atoms with Crippen molar-refractivity contribution in [2.45, 2.75) is 18.7 Å². The van der Waals surface area contributed by atoms with Crippen LogP contribution in [0, 0.1) is 25.2 Å². The van der Waals surface area contributed by atoms with E-state index < -0.39 is 0 Å². The van der Waals surface area contributed by atoms with Gasteiger partial charge in [0.2, 0.25) is 0 Å². The van der Waals surface area contributed by atoms with Crippen molar-refractivity contribution < 1.29 is 0 Å². The molecule has 0 atom stereocenters. The van der Waals surface area contributed by atoms with Gasteiger partial charge in [0, 0.05) is 9.77 Å². The highest BCUT2D eigenvalue weighted by Gasteiger charge is 2.13. The van der Waals surface area contributed by atoms with E-state index in [-0.39, 0.29) is 5.56 Å². The minimum Gasteiger partial charge on any atom is -0.305 e. The molecular formula is C18H15N3OS2. The van der Waals surface area contributed by atoms with Gasteiger partial charge in [-0.3, -0.25) is 4.79 Å². The number of hydrogen-bond donors (Lipinski definition) is 1. The van der Waals surface area contributed by atoms with E-state index in [0.717, 1.165) is 20.9 Å². The number of fused-ring (bicyclic) bond motifs is 1. The van der Waals surface area contributed by atoms with Gasteiger partial charge >= 0.3 is 0 Å². The Morgan fingerprint density at radius 3 is 2.67 bits per heavy atom. The summed E-state index contributed by atoms with van der Waals surface area (Å²) in [6.07, 6.45) is 3.75. The number of allylic oxidation sites excluding steroid dienone is 1. The number of nitrogens with one attached hydrogen (secondary N) is 1. The first-order valence-corrected chi connectivity index (χ1v) is 9.34. The summed E-state index contributed by atoms with van der Waals surface area (Å²) in [5, 5.41) is 10.1. The molecule has 24 heavy (non-hydrogen) atoms. The second kappa shape index (κ2) is 6.63. The van der Waals surface area contributed by atoms with Crippen molar-refractivity contribution in [3.8, 4) is 6.07 Å². The van der Waals surface area contributed by atoms with E-state index in [1.165, 1.54) is 11.3 Å². The van der Waals surface area contributed by atoms with Crippen LogP contribution < -0.4 is 5.56 Å². The molecule has 0 saturated carbocycles. The molecule has 2 aromatic heterocycles. The average molecular weight is 353 g/mol. The summed E-state index contributed by atoms with van der Waals surface area (Å²) in [5.74, 6) is 0.310. The molecule has 0 saturated heterocycles. The van der Waals surface area contributed by atoms with Crippen molar-refractivity contribution in [3.05, 3.63) is 56.4 Å². The summed E-state index contributed by atoms with van der Waals surface area (Å²) < 4.78 is 0. The molecule has 0 unspecified atom stereocenters. The predicted octanol–water partition coefficient (Wildman–Crippen LogP) is 4.39. The highest BCUT2D eigenvalue weighted by atomic mass is 32.2. The number of aryl methyl sites for hydroxylation is 2. The fourth-order valence-corrected chi connectivity index (χ4v) is 3.84. The molecule has 4 nitrogen and oxygen atoms in total. The predicted molar refractivity (Wildman–Crippen MR) is 101 cm³/mol. The molecule has 2 heterocycles. The van der Waals surface area contributed by atoms with Gasteiger partial charge in [-0.1, -0.05) is 12.1 Å². The van der Waals surface area contributed by atoms with E-state index in [0.29, 0.717) is 21.6 Å². The van der Waals surface area contributed by atoms with Gasteiger partial charge in [0.1, 0.15) is 10.9 Å². The number of benzene rings is 1. The number of aromatic nitrogens is 2. The minimum absolute atomic E-state index is 0.198. The van der Waals surface area contributed by atoms with E-state index in [9.17, 15) is 10.1 Å². The number of thiophene rings is 1. The topological polar surface area (TPSA) is 69.5 Å². The summed E-state index contributed by atoms with van der Waals surface area (Å²) in [6, 6.07) is 10.0. The lowest BCUT2D eigenvalue weighted by molar-refractivity contribution is 1.13. The Hall–Kier alpha value is -2.36. The number of aromatic amines is 1. The molecule has 120 valence electrons. The second-order valence-electron chi connectivity index (χ2n) is 5.32. The molecule has 0 fully saturated rings. The lowest BCUT2D eigenvalue weighted by atomic mass is 10.1. The number of H-pyrrole nitrogens is 1. The summed E-state index contributed by atoms with van der Waals surface area (Å²) in [4.78, 5) is 22.5. The fraction of sp³-hybridized carbons (Fsp3) is 0.167. The van der Waals surface area contributed by atoms with Gasteiger partial charge in [0.05, 0.1) is 11.0 Å². The van der Waals surface area contributed by atoms with Gasteiger partial charge in [-0.25, -0.2) is 4.98 Å². The van der Waals surface area contributed by atoms with Crippen LogP contribution in [0.25, 0.3) is 21.9 Å². The smallest absolute Gasteiger partial charge is 0.260 e. The van der Waals surface area contributed by atoms with Crippen molar-refractivity contribution in [1.29, 1.82) is 5.26 Å². The first kappa shape index (κ1) is 16.5. The van der Waals surface area contributed by atoms with E-state index in [1.807, 2.05) is 44.4 Å². The maximum Gasteiger partial charge on any atom is 0.260 e. The van der Waals surface area contributed by atoms with Crippen LogP contribution in [0.5, 0.6) is 0 Å². The maximum absolute atomic E-state index is 12.4. The quantitative estimate of drug-likeness (QED) is 0.560. The molecule has 1 N–H and O–H groups in total. The largest absolute Gasteiger partial charge is 0.305 e. The van der Waals surface area contributed by atoms with Crippen LogP contribution in [0.1, 0.15) is 21.8 Å². The summed E-state index contributed by atoms with van der Waals surface area (Å²) in [6.45, 7) is 3.88. The Morgan fingerprint density at radius 1 is 1.33 bits per heavy atom. The number of thioether (sulfide) groups is 1. The Balaban J connectivity index is 2.11. The lowest BCUT2D eigenvalue weighted by Crippen LogP contribution is -2.10. The van der Waals surface area contributed by atoms with Gasteiger partial charge < -0.3 is 4.98 Å². The molecule has 0 radical (unpaired) electrons. The number of rotatable bonds is 3. The highest BCUT2D eigenvalue weighted by molar-refractivity contribution is 7.98. The molecule has 0 aliphatic heterocycles. The monoisotopic (exact) mass is 353 g/mol. The first-order valence-electron chi connectivity index (χ1n) is 7.29. The number of nitrogens with zero attached hydrogens (tertiary/aromatic N) is 2. The third kappa shape index (κ3) is 3.01. The first-order chi connectivity index (χ1) is 11.5. The van der Waals surface area contributed by atoms with Gasteiger partial charge in [-0.05, 0) is 49.4 Å². The molecular weight excluding hydrogens is 338 g/mol. The van der Waals surface area contributed by atoms with Crippen molar-refractivity contribution in [3.63, 3.8) is 0 Å². The SMILES string of the molecule is CSc1ccc(/C=C(\C#N)c2nc3sc(C)c(C)c3c(=O)[nH]2)cc1. The van der Waals surface area contributed by atoms with Crippen LogP contribution in [0.2, 0.25) is 0 Å². The van der Waals surface area contributed by atoms with Crippen LogP contribution in [0.3, 0.4) is 0 Å². The minimum atomic E-state index is -0.198. The molecule has 6 heteroatoms. The average Bonchev–Trinajstić information content (AvgIpc) is 2.87. The standard InChI is InChI=1S/C18H15N3OS2/c1-10-11(2)24-18-15(10)17(22)20-16(21-18)13(9-19)8-12-4-6-14(23-3)7-5-12/h4-8H,1-3H3,(H,20,21,22)/b13-8+. The van der Waals surface area contributed by atoms with Gasteiger partial charge in [0.15, 0.2) is 5.82 Å². The van der Waals surface area contributed by atoms with Crippen molar-refractivity contribution in [2.75, 3.05) is 6.26 Å². The third-order valence-electron chi connectivity index (χ3n) is 3.84. The van der Waals surface area contributed by atoms with Crippen LogP contribution in [-0.2, 0) is 0 Å². The van der Waals surface area contributed by atoms with Crippen LogP contribution in [0.15, 0.2) is 34.0 Å². The summed E-state index contributed by atoms with van der Waals surface area (Å²) in [5.41, 5.74) is 1.99. The van der Waals surface area contributed by atoms with Gasteiger partial charge in [-0.15, -0.1) is 23.1 Å². The molecule has 3 rings (SSSR count). The Bertz CT molecular complexity index is 1040. The Morgan fingerprint density at radius 2 is 2.04 bits per heavy atom. The fourth-order valence-electron chi connectivity index (χ4n) is 2.40. The van der Waals surface area contributed by atoms with Crippen molar-refractivity contribution in [1.82, 2.24) is 9.97 Å². The molecule has 3 aromatic rings. The van der Waals surface area contributed by atoms with E-state index >= 15 is 0 Å². The number of hydrogen-bond acceptors (Lipinski definition) is 5. The van der Waals surface area contributed by atoms with Crippen molar-refractivity contribution >= 4 is 45.0 Å². The Kier molecular flexibility index (Phi) is 4.56. The highest BCUT2D eigenvalue weighted by Crippen LogP contribution is 2.27.